The van der Waals surface area contributed by atoms with Crippen molar-refractivity contribution >= 4 is 51.1 Å². The Morgan fingerprint density at radius 1 is 1.10 bits per heavy atom. The second-order valence-corrected chi connectivity index (χ2v) is 7.96. The maximum absolute atomic E-state index is 12.8. The lowest BCUT2D eigenvalue weighted by atomic mass is 10.1. The van der Waals surface area contributed by atoms with Gasteiger partial charge in [-0.2, -0.15) is 9.61 Å². The summed E-state index contributed by atoms with van der Waals surface area (Å²) < 4.78 is 12.2. The molecule has 0 bridgehead atoms. The summed E-state index contributed by atoms with van der Waals surface area (Å²) in [5.74, 6) is 1.11. The number of hydrogen-bond donors (Lipinski definition) is 1. The normalized spacial score (nSPS) is 11.0. The monoisotopic (exact) mass is 463 g/mol. The fourth-order valence-electron chi connectivity index (χ4n) is 2.85. The molecule has 2 aromatic heterocycles. The fourth-order valence-corrected chi connectivity index (χ4v) is 4.37. The van der Waals surface area contributed by atoms with E-state index >= 15 is 0 Å². The van der Waals surface area contributed by atoms with Crippen LogP contribution in [0.2, 0.25) is 10.0 Å². The summed E-state index contributed by atoms with van der Waals surface area (Å²) >= 11 is 13.7. The summed E-state index contributed by atoms with van der Waals surface area (Å²) in [5.41, 5.74) is 1.56. The number of halogens is 2. The van der Waals surface area contributed by atoms with Crippen molar-refractivity contribution in [1.29, 1.82) is 0 Å². The second-order valence-electron chi connectivity index (χ2n) is 6.19. The number of ether oxygens (including phenoxy) is 2. The minimum atomic E-state index is -0.397. The van der Waals surface area contributed by atoms with Gasteiger partial charge in [-0.15, -0.1) is 10.2 Å². The highest BCUT2D eigenvalue weighted by Gasteiger charge is 2.17. The van der Waals surface area contributed by atoms with Gasteiger partial charge >= 0.3 is 0 Å². The Kier molecular flexibility index (Phi) is 5.50. The van der Waals surface area contributed by atoms with Gasteiger partial charge in [-0.1, -0.05) is 34.5 Å². The fraction of sp³-hybridized carbons (Fsp3) is 0.158. The Balaban J connectivity index is 1.68. The van der Waals surface area contributed by atoms with Crippen LogP contribution in [0, 0.1) is 6.92 Å². The molecule has 0 atom stereocenters. The van der Waals surface area contributed by atoms with Crippen LogP contribution in [0.15, 0.2) is 30.3 Å². The summed E-state index contributed by atoms with van der Waals surface area (Å²) in [6.45, 7) is 1.83. The van der Waals surface area contributed by atoms with Crippen LogP contribution >= 0.6 is 34.5 Å². The van der Waals surface area contributed by atoms with Crippen molar-refractivity contribution in [2.75, 3.05) is 19.5 Å². The van der Waals surface area contributed by atoms with Gasteiger partial charge in [-0.3, -0.25) is 4.79 Å². The van der Waals surface area contributed by atoms with Crippen molar-refractivity contribution in [1.82, 2.24) is 19.8 Å². The van der Waals surface area contributed by atoms with E-state index in [-0.39, 0.29) is 15.6 Å². The lowest BCUT2D eigenvalue weighted by molar-refractivity contribution is 0.102. The molecule has 4 rings (SSSR count). The lowest BCUT2D eigenvalue weighted by Gasteiger charge is -2.13. The number of nitrogens with zero attached hydrogens (tertiary/aromatic N) is 4. The molecule has 8 nitrogen and oxygen atoms in total. The highest BCUT2D eigenvalue weighted by Crippen LogP contribution is 2.36. The number of rotatable bonds is 5. The van der Waals surface area contributed by atoms with Gasteiger partial charge in [0.2, 0.25) is 4.96 Å². The number of amides is 1. The van der Waals surface area contributed by atoms with Gasteiger partial charge in [-0.25, -0.2) is 0 Å². The van der Waals surface area contributed by atoms with Crippen LogP contribution in [0.25, 0.3) is 15.5 Å². The first kappa shape index (κ1) is 20.4. The van der Waals surface area contributed by atoms with Crippen LogP contribution in [0.4, 0.5) is 5.69 Å². The molecule has 4 aromatic rings. The molecule has 11 heteroatoms. The van der Waals surface area contributed by atoms with E-state index in [1.165, 1.54) is 37.7 Å². The number of nitrogens with one attached hydrogen (secondary N) is 1. The lowest BCUT2D eigenvalue weighted by Crippen LogP contribution is -2.13. The summed E-state index contributed by atoms with van der Waals surface area (Å²) in [6.07, 6.45) is 0. The highest BCUT2D eigenvalue weighted by atomic mass is 35.5. The molecule has 1 amide bonds. The van der Waals surface area contributed by atoms with E-state index in [0.29, 0.717) is 28.0 Å². The number of carbonyl (C=O) groups is 1. The first-order valence-corrected chi connectivity index (χ1v) is 10.2. The SMILES string of the molecule is COc1ccc(-c2nn3c(C)nnc3s2)cc1NC(=O)c1cc(Cl)c(OC)c(Cl)c1. The largest absolute Gasteiger partial charge is 0.495 e. The number of hydrogen-bond acceptors (Lipinski definition) is 7. The average molecular weight is 464 g/mol. The molecule has 0 aliphatic carbocycles. The Bertz CT molecular complexity index is 1250. The summed E-state index contributed by atoms with van der Waals surface area (Å²) in [5, 5.41) is 16.6. The highest BCUT2D eigenvalue weighted by molar-refractivity contribution is 7.19. The molecule has 154 valence electrons. The standard InChI is InChI=1S/C19H15Cl2N5O3S/c1-9-23-24-19-26(9)25-18(30-19)10-4-5-15(28-2)14(8-10)22-17(27)11-6-12(20)16(29-3)13(21)7-11/h4-8H,1-3H3,(H,22,27). The van der Waals surface area contributed by atoms with Crippen LogP contribution in [0.1, 0.15) is 16.2 Å². The number of anilines is 1. The molecular formula is C19H15Cl2N5O3S. The number of carbonyl (C=O) groups excluding carboxylic acids is 1. The molecule has 30 heavy (non-hydrogen) atoms. The molecule has 2 heterocycles. The van der Waals surface area contributed by atoms with Crippen molar-refractivity contribution < 1.29 is 14.3 Å². The zero-order chi connectivity index (χ0) is 21.4. The molecule has 0 radical (unpaired) electrons. The molecule has 0 aliphatic rings. The van der Waals surface area contributed by atoms with Crippen molar-refractivity contribution in [2.45, 2.75) is 6.92 Å². The van der Waals surface area contributed by atoms with Gasteiger partial charge in [0.1, 0.15) is 10.8 Å². The van der Waals surface area contributed by atoms with Crippen LogP contribution in [-0.2, 0) is 0 Å². The summed E-state index contributed by atoms with van der Waals surface area (Å²) in [6, 6.07) is 8.38. The topological polar surface area (TPSA) is 90.6 Å². The van der Waals surface area contributed by atoms with E-state index in [1.54, 1.807) is 16.6 Å². The van der Waals surface area contributed by atoms with Gasteiger partial charge in [0, 0.05) is 11.1 Å². The van der Waals surface area contributed by atoms with E-state index in [2.05, 4.69) is 20.6 Å². The number of aryl methyl sites for hydroxylation is 1. The van der Waals surface area contributed by atoms with Crippen LogP contribution < -0.4 is 14.8 Å². The molecule has 0 spiro atoms. The molecule has 0 saturated heterocycles. The molecule has 0 saturated carbocycles. The molecular weight excluding hydrogens is 449 g/mol. The summed E-state index contributed by atoms with van der Waals surface area (Å²) in [4.78, 5) is 13.5. The predicted molar refractivity (Wildman–Crippen MR) is 116 cm³/mol. The van der Waals surface area contributed by atoms with Gasteiger partial charge < -0.3 is 14.8 Å². The van der Waals surface area contributed by atoms with E-state index in [1.807, 2.05) is 13.0 Å². The van der Waals surface area contributed by atoms with Crippen LogP contribution in [0.5, 0.6) is 11.5 Å². The Hall–Kier alpha value is -2.88. The smallest absolute Gasteiger partial charge is 0.255 e. The molecule has 0 fully saturated rings. The van der Waals surface area contributed by atoms with Gasteiger partial charge in [0.25, 0.3) is 5.91 Å². The van der Waals surface area contributed by atoms with Crippen molar-refractivity contribution in [3.8, 4) is 22.1 Å². The zero-order valence-electron chi connectivity index (χ0n) is 16.1. The third-order valence-electron chi connectivity index (χ3n) is 4.31. The van der Waals surface area contributed by atoms with E-state index < -0.39 is 5.91 Å². The number of fused-ring (bicyclic) bond motifs is 1. The van der Waals surface area contributed by atoms with Gasteiger partial charge in [-0.05, 0) is 37.3 Å². The van der Waals surface area contributed by atoms with Crippen molar-refractivity contribution in [3.63, 3.8) is 0 Å². The van der Waals surface area contributed by atoms with E-state index in [4.69, 9.17) is 32.7 Å². The first-order chi connectivity index (χ1) is 14.4. The van der Waals surface area contributed by atoms with E-state index in [0.717, 1.165) is 10.6 Å². The predicted octanol–water partition coefficient (Wildman–Crippen LogP) is 4.74. The number of aromatic nitrogens is 4. The Labute approximate surface area is 185 Å². The summed E-state index contributed by atoms with van der Waals surface area (Å²) in [7, 11) is 2.98. The maximum atomic E-state index is 12.8. The third kappa shape index (κ3) is 3.67. The first-order valence-electron chi connectivity index (χ1n) is 8.63. The molecule has 0 unspecified atom stereocenters. The van der Waals surface area contributed by atoms with Crippen molar-refractivity contribution in [3.05, 3.63) is 51.8 Å². The van der Waals surface area contributed by atoms with E-state index in [9.17, 15) is 4.79 Å². The van der Waals surface area contributed by atoms with Crippen LogP contribution in [-0.4, -0.2) is 39.9 Å². The number of methoxy groups -OCH3 is 2. The minimum absolute atomic E-state index is 0.242. The molecule has 1 N–H and O–H groups in total. The Morgan fingerprint density at radius 2 is 1.83 bits per heavy atom. The maximum Gasteiger partial charge on any atom is 0.255 e. The molecule has 0 aliphatic heterocycles. The van der Waals surface area contributed by atoms with Crippen molar-refractivity contribution in [2.24, 2.45) is 0 Å². The second kappa shape index (κ2) is 8.10. The quantitative estimate of drug-likeness (QED) is 0.459. The minimum Gasteiger partial charge on any atom is -0.495 e. The zero-order valence-corrected chi connectivity index (χ0v) is 18.4. The molecule has 2 aromatic carbocycles. The number of benzene rings is 2. The Morgan fingerprint density at radius 3 is 2.47 bits per heavy atom. The van der Waals surface area contributed by atoms with Crippen LogP contribution in [0.3, 0.4) is 0 Å². The average Bonchev–Trinajstić information content (AvgIpc) is 3.30. The van der Waals surface area contributed by atoms with Gasteiger partial charge in [0.05, 0.1) is 30.0 Å². The third-order valence-corrected chi connectivity index (χ3v) is 5.82. The van der Waals surface area contributed by atoms with Gasteiger partial charge in [0.15, 0.2) is 11.6 Å².